The third kappa shape index (κ3) is 4.27. The van der Waals surface area contributed by atoms with Crippen LogP contribution in [-0.2, 0) is 11.3 Å². The van der Waals surface area contributed by atoms with Crippen molar-refractivity contribution >= 4 is 17.2 Å². The number of nitrogens with two attached hydrogens (primary N) is 1. The molecule has 1 fully saturated rings. The van der Waals surface area contributed by atoms with Gasteiger partial charge in [-0.3, -0.25) is 15.7 Å². The zero-order valence-electron chi connectivity index (χ0n) is 11.7. The molecule has 0 spiro atoms. The van der Waals surface area contributed by atoms with Crippen molar-refractivity contribution in [3.8, 4) is 6.07 Å². The second-order valence-corrected chi connectivity index (χ2v) is 4.64. The van der Waals surface area contributed by atoms with Crippen molar-refractivity contribution < 1.29 is 4.74 Å². The predicted octanol–water partition coefficient (Wildman–Crippen LogP) is 0.746. The van der Waals surface area contributed by atoms with E-state index in [0.717, 1.165) is 44.1 Å². The lowest BCUT2D eigenvalue weighted by Gasteiger charge is -2.27. The monoisotopic (exact) mass is 286 g/mol. The van der Waals surface area contributed by atoms with Gasteiger partial charge in [0.05, 0.1) is 18.9 Å². The van der Waals surface area contributed by atoms with E-state index in [9.17, 15) is 0 Å². The van der Waals surface area contributed by atoms with Crippen molar-refractivity contribution in [2.45, 2.75) is 6.54 Å². The molecule has 0 saturated carbocycles. The zero-order chi connectivity index (χ0) is 15.1. The maximum atomic E-state index is 8.84. The Labute approximate surface area is 123 Å². The summed E-state index contributed by atoms with van der Waals surface area (Å²) in [6, 6.07) is 9.52. The summed E-state index contributed by atoms with van der Waals surface area (Å²) in [5.74, 6) is -0.351. The van der Waals surface area contributed by atoms with Crippen LogP contribution in [0, 0.1) is 16.7 Å². The van der Waals surface area contributed by atoms with Crippen LogP contribution in [0.1, 0.15) is 5.56 Å². The minimum Gasteiger partial charge on any atom is -0.382 e. The molecule has 2 rings (SSSR count). The maximum absolute atomic E-state index is 8.84. The minimum atomic E-state index is -0.351. The smallest absolute Gasteiger partial charge is 0.201 e. The van der Waals surface area contributed by atoms with Crippen LogP contribution in [-0.4, -0.2) is 42.8 Å². The molecule has 0 aromatic heterocycles. The molecule has 1 aliphatic heterocycles. The van der Waals surface area contributed by atoms with Crippen LogP contribution in [0.15, 0.2) is 29.4 Å². The van der Waals surface area contributed by atoms with Crippen LogP contribution in [0.3, 0.4) is 0 Å². The molecule has 0 aliphatic carbocycles. The molecule has 0 atom stereocenters. The number of para-hydroxylation sites is 1. The highest BCUT2D eigenvalue weighted by Gasteiger charge is 2.12. The Bertz CT molecular complexity index is 571. The molecule has 1 aliphatic rings. The van der Waals surface area contributed by atoms with E-state index in [2.05, 4.69) is 15.4 Å². The first kappa shape index (κ1) is 15.0. The molecule has 0 radical (unpaired) electrons. The summed E-state index contributed by atoms with van der Waals surface area (Å²) >= 11 is 0. The summed E-state index contributed by atoms with van der Waals surface area (Å²) in [7, 11) is 0. The Balaban J connectivity index is 2.09. The number of morpholine rings is 1. The summed E-state index contributed by atoms with van der Waals surface area (Å²) in [5, 5.41) is 20.0. The number of benzene rings is 1. The number of amidine groups is 1. The van der Waals surface area contributed by atoms with Crippen LogP contribution < -0.4 is 11.2 Å². The fourth-order valence-electron chi connectivity index (χ4n) is 2.03. The third-order valence-electron chi connectivity index (χ3n) is 3.16. The molecule has 21 heavy (non-hydrogen) atoms. The number of hydrogen-bond donors (Lipinski definition) is 3. The van der Waals surface area contributed by atoms with E-state index in [1.54, 1.807) is 6.07 Å². The predicted molar refractivity (Wildman–Crippen MR) is 81.1 cm³/mol. The number of nitrogens with one attached hydrogen (secondary N) is 2. The van der Waals surface area contributed by atoms with E-state index in [-0.39, 0.29) is 11.5 Å². The first-order valence-corrected chi connectivity index (χ1v) is 6.67. The van der Waals surface area contributed by atoms with Gasteiger partial charge in [-0.1, -0.05) is 18.2 Å². The molecular weight excluding hydrogens is 268 g/mol. The quantitative estimate of drug-likeness (QED) is 0.420. The first-order valence-electron chi connectivity index (χ1n) is 6.67. The Kier molecular flexibility index (Phi) is 5.26. The highest BCUT2D eigenvalue weighted by atomic mass is 16.5. The van der Waals surface area contributed by atoms with Gasteiger partial charge in [-0.05, 0) is 11.6 Å². The minimum absolute atomic E-state index is 0.129. The first-order chi connectivity index (χ1) is 10.2. The van der Waals surface area contributed by atoms with Gasteiger partial charge < -0.3 is 10.5 Å². The Morgan fingerprint density at radius 3 is 2.81 bits per heavy atom. The topological polar surface area (TPSA) is 111 Å². The number of nitrogens with zero attached hydrogens (tertiary/aromatic N) is 3. The fourth-order valence-corrected chi connectivity index (χ4v) is 2.03. The number of hydrazone groups is 1. The van der Waals surface area contributed by atoms with Crippen LogP contribution in [0.25, 0.3) is 0 Å². The Hall–Kier alpha value is -2.43. The molecule has 1 aromatic carbocycles. The standard InChI is InChI=1S/C14H18N6O/c15-9-13(14(16)17)19-18-12-4-2-1-3-11(12)10-20-5-7-21-8-6-20/h1-4,18H,5-8,10H2,(H3,16,17)/b19-13+. The average molecular weight is 286 g/mol. The van der Waals surface area contributed by atoms with Gasteiger partial charge in [-0.15, -0.1) is 0 Å². The van der Waals surface area contributed by atoms with Crippen LogP contribution in [0.5, 0.6) is 0 Å². The molecule has 4 N–H and O–H groups in total. The Morgan fingerprint density at radius 2 is 2.14 bits per heavy atom. The zero-order valence-corrected chi connectivity index (χ0v) is 11.7. The van der Waals surface area contributed by atoms with E-state index in [1.807, 2.05) is 24.3 Å². The van der Waals surface area contributed by atoms with Crippen molar-refractivity contribution in [2.24, 2.45) is 10.8 Å². The lowest BCUT2D eigenvalue weighted by Crippen LogP contribution is -2.35. The number of anilines is 1. The van der Waals surface area contributed by atoms with E-state index >= 15 is 0 Å². The lowest BCUT2D eigenvalue weighted by molar-refractivity contribution is 0.0343. The molecule has 0 unspecified atom stereocenters. The number of rotatable bonds is 5. The summed E-state index contributed by atoms with van der Waals surface area (Å²) in [6.45, 7) is 4.07. The Morgan fingerprint density at radius 1 is 1.43 bits per heavy atom. The molecule has 0 amide bonds. The summed E-state index contributed by atoms with van der Waals surface area (Å²) in [6.07, 6.45) is 0. The van der Waals surface area contributed by atoms with Crippen molar-refractivity contribution in [2.75, 3.05) is 31.7 Å². The highest BCUT2D eigenvalue weighted by Crippen LogP contribution is 2.17. The van der Waals surface area contributed by atoms with Crippen molar-refractivity contribution in [1.29, 1.82) is 10.7 Å². The normalized spacial score (nSPS) is 16.2. The number of hydrogen-bond acceptors (Lipinski definition) is 6. The van der Waals surface area contributed by atoms with Gasteiger partial charge in [0.2, 0.25) is 5.71 Å². The van der Waals surface area contributed by atoms with Crippen molar-refractivity contribution in [3.05, 3.63) is 29.8 Å². The SMILES string of the molecule is N#C/C(=N\Nc1ccccc1CN1CCOCC1)C(=N)N. The maximum Gasteiger partial charge on any atom is 0.201 e. The summed E-state index contributed by atoms with van der Waals surface area (Å²) in [5.41, 5.74) is 9.84. The van der Waals surface area contributed by atoms with Gasteiger partial charge in [-0.25, -0.2) is 0 Å². The van der Waals surface area contributed by atoms with Gasteiger partial charge in [0.1, 0.15) is 6.07 Å². The van der Waals surface area contributed by atoms with E-state index < -0.39 is 0 Å². The van der Waals surface area contributed by atoms with Crippen molar-refractivity contribution in [1.82, 2.24) is 4.90 Å². The third-order valence-corrected chi connectivity index (χ3v) is 3.16. The van der Waals surface area contributed by atoms with Crippen LogP contribution in [0.2, 0.25) is 0 Å². The average Bonchev–Trinajstić information content (AvgIpc) is 2.50. The molecule has 1 saturated heterocycles. The van der Waals surface area contributed by atoms with Crippen molar-refractivity contribution in [3.63, 3.8) is 0 Å². The second kappa shape index (κ2) is 7.38. The van der Waals surface area contributed by atoms with E-state index in [0.29, 0.717) is 0 Å². The fraction of sp³-hybridized carbons (Fsp3) is 0.357. The molecule has 7 nitrogen and oxygen atoms in total. The molecule has 7 heteroatoms. The van der Waals surface area contributed by atoms with Gasteiger partial charge in [0, 0.05) is 19.6 Å². The second-order valence-electron chi connectivity index (χ2n) is 4.64. The lowest BCUT2D eigenvalue weighted by atomic mass is 10.1. The van der Waals surface area contributed by atoms with E-state index in [1.165, 1.54) is 0 Å². The molecule has 1 heterocycles. The largest absolute Gasteiger partial charge is 0.382 e. The number of nitriles is 1. The van der Waals surface area contributed by atoms with Gasteiger partial charge in [-0.2, -0.15) is 10.4 Å². The van der Waals surface area contributed by atoms with Gasteiger partial charge >= 0.3 is 0 Å². The van der Waals surface area contributed by atoms with Gasteiger partial charge in [0.15, 0.2) is 5.84 Å². The molecular formula is C14H18N6O. The molecule has 1 aromatic rings. The summed E-state index contributed by atoms with van der Waals surface area (Å²) in [4.78, 5) is 2.30. The molecule has 110 valence electrons. The summed E-state index contributed by atoms with van der Waals surface area (Å²) < 4.78 is 5.33. The van der Waals surface area contributed by atoms with E-state index in [4.69, 9.17) is 21.1 Å². The van der Waals surface area contributed by atoms with Crippen LogP contribution >= 0.6 is 0 Å². The molecule has 0 bridgehead atoms. The van der Waals surface area contributed by atoms with Gasteiger partial charge in [0.25, 0.3) is 0 Å². The van der Waals surface area contributed by atoms with Crippen LogP contribution in [0.4, 0.5) is 5.69 Å². The highest BCUT2D eigenvalue weighted by molar-refractivity contribution is 6.45. The number of ether oxygens (including phenoxy) is 1.